The zero-order valence-corrected chi connectivity index (χ0v) is 23.5. The van der Waals surface area contributed by atoms with Gasteiger partial charge in [-0.2, -0.15) is 13.2 Å². The first-order chi connectivity index (χ1) is 20.3. The minimum Gasteiger partial charge on any atom is -0.496 e. The molecule has 0 spiro atoms. The number of pyridine rings is 1. The predicted molar refractivity (Wildman–Crippen MR) is 150 cm³/mol. The fourth-order valence-corrected chi connectivity index (χ4v) is 6.77. The molecule has 9 heteroatoms. The van der Waals surface area contributed by atoms with Gasteiger partial charge in [-0.05, 0) is 81.7 Å². The van der Waals surface area contributed by atoms with Crippen molar-refractivity contribution in [2.45, 2.75) is 75.7 Å². The molecule has 2 bridgehead atoms. The lowest BCUT2D eigenvalue weighted by Gasteiger charge is -2.52. The third kappa shape index (κ3) is 5.02. The summed E-state index contributed by atoms with van der Waals surface area (Å²) in [4.78, 5) is 4.41. The number of methoxy groups -OCH3 is 1. The second-order valence-corrected chi connectivity index (χ2v) is 12.1. The second kappa shape index (κ2) is 10.3. The molecule has 4 aliphatic rings. The Kier molecular flexibility index (Phi) is 6.68. The van der Waals surface area contributed by atoms with Gasteiger partial charge in [0.25, 0.3) is 0 Å². The van der Waals surface area contributed by atoms with E-state index in [-0.39, 0.29) is 34.8 Å². The molecule has 6 nitrogen and oxygen atoms in total. The molecule has 4 aliphatic carbocycles. The van der Waals surface area contributed by atoms with E-state index in [1.54, 1.807) is 19.4 Å². The molecule has 0 amide bonds. The largest absolute Gasteiger partial charge is 0.496 e. The van der Waals surface area contributed by atoms with Crippen molar-refractivity contribution in [1.29, 1.82) is 0 Å². The van der Waals surface area contributed by atoms with Crippen molar-refractivity contribution >= 4 is 10.9 Å². The molecule has 42 heavy (non-hydrogen) atoms. The molecule has 0 saturated heterocycles. The van der Waals surface area contributed by atoms with Crippen LogP contribution < -0.4 is 9.47 Å². The van der Waals surface area contributed by atoms with Crippen LogP contribution in [0.25, 0.3) is 22.2 Å². The maximum absolute atomic E-state index is 13.8. The molecule has 2 aromatic heterocycles. The van der Waals surface area contributed by atoms with Crippen LogP contribution in [0.5, 0.6) is 11.5 Å². The van der Waals surface area contributed by atoms with Crippen LogP contribution >= 0.6 is 0 Å². The van der Waals surface area contributed by atoms with Gasteiger partial charge in [-0.25, -0.2) is 0 Å². The van der Waals surface area contributed by atoms with Gasteiger partial charge in [0.05, 0.1) is 37.0 Å². The average Bonchev–Trinajstić information content (AvgIpc) is 3.78. The van der Waals surface area contributed by atoms with E-state index < -0.39 is 11.7 Å². The number of nitrogens with zero attached hydrogens (tertiary/aromatic N) is 2. The van der Waals surface area contributed by atoms with Gasteiger partial charge < -0.3 is 18.7 Å². The Morgan fingerprint density at radius 1 is 0.976 bits per heavy atom. The summed E-state index contributed by atoms with van der Waals surface area (Å²) in [6.07, 6.45) is 4.78. The lowest BCUT2D eigenvalue weighted by atomic mass is 9.59. The van der Waals surface area contributed by atoms with E-state index in [1.165, 1.54) is 12.1 Å². The molecule has 0 radical (unpaired) electrons. The van der Waals surface area contributed by atoms with E-state index in [2.05, 4.69) is 10.1 Å². The number of hydrogen-bond acceptors (Lipinski definition) is 6. The Hall–Kier alpha value is -3.59. The van der Waals surface area contributed by atoms with E-state index in [1.807, 2.05) is 24.3 Å². The Morgan fingerprint density at radius 2 is 1.74 bits per heavy atom. The highest BCUT2D eigenvalue weighted by Gasteiger charge is 2.50. The molecular formula is C33H33F3N2O4. The summed E-state index contributed by atoms with van der Waals surface area (Å²) in [6, 6.07) is 13.3. The Morgan fingerprint density at radius 3 is 2.45 bits per heavy atom. The third-order valence-electron chi connectivity index (χ3n) is 9.55. The number of ether oxygens (including phenoxy) is 3. The quantitative estimate of drug-likeness (QED) is 0.198. The van der Waals surface area contributed by atoms with Crippen LogP contribution in [-0.4, -0.2) is 29.5 Å². The molecule has 2 aromatic carbocycles. The molecule has 0 unspecified atom stereocenters. The van der Waals surface area contributed by atoms with Crippen LogP contribution in [0.2, 0.25) is 0 Å². The van der Waals surface area contributed by atoms with Crippen molar-refractivity contribution in [3.8, 4) is 22.8 Å². The molecule has 0 atom stereocenters. The van der Waals surface area contributed by atoms with Crippen LogP contribution in [0, 0.1) is 5.41 Å². The summed E-state index contributed by atoms with van der Waals surface area (Å²) >= 11 is 0. The maximum atomic E-state index is 13.8. The minimum atomic E-state index is -4.49. The number of hydrogen-bond donors (Lipinski definition) is 0. The van der Waals surface area contributed by atoms with Crippen molar-refractivity contribution in [1.82, 2.24) is 10.1 Å². The van der Waals surface area contributed by atoms with Crippen molar-refractivity contribution in [2.24, 2.45) is 5.41 Å². The highest BCUT2D eigenvalue weighted by atomic mass is 19.4. The zero-order chi connectivity index (χ0) is 29.0. The van der Waals surface area contributed by atoms with Crippen LogP contribution in [0.3, 0.4) is 0 Å². The van der Waals surface area contributed by atoms with Crippen LogP contribution in [0.1, 0.15) is 74.2 Å². The summed E-state index contributed by atoms with van der Waals surface area (Å²) in [5, 5.41) is 5.08. The van der Waals surface area contributed by atoms with Gasteiger partial charge in [0.1, 0.15) is 23.0 Å². The molecule has 0 aliphatic heterocycles. The second-order valence-electron chi connectivity index (χ2n) is 12.1. The monoisotopic (exact) mass is 578 g/mol. The summed E-state index contributed by atoms with van der Waals surface area (Å²) in [5.41, 5.74) is 0.909. The summed E-state index contributed by atoms with van der Waals surface area (Å²) in [6.45, 7) is 0.834. The van der Waals surface area contributed by atoms with Gasteiger partial charge in [0.15, 0.2) is 0 Å². The van der Waals surface area contributed by atoms with E-state index in [4.69, 9.17) is 18.7 Å². The highest BCUT2D eigenvalue weighted by Crippen LogP contribution is 2.55. The van der Waals surface area contributed by atoms with Crippen molar-refractivity contribution in [3.05, 3.63) is 71.6 Å². The molecule has 220 valence electrons. The average molecular weight is 579 g/mol. The fraction of sp³-hybridized carbons (Fsp3) is 0.455. The maximum Gasteiger partial charge on any atom is 0.417 e. The van der Waals surface area contributed by atoms with Gasteiger partial charge in [-0.15, -0.1) is 0 Å². The summed E-state index contributed by atoms with van der Waals surface area (Å²) < 4.78 is 65.7. The van der Waals surface area contributed by atoms with Gasteiger partial charge in [0.2, 0.25) is 0 Å². The zero-order valence-electron chi connectivity index (χ0n) is 23.5. The molecule has 4 saturated carbocycles. The molecule has 4 aromatic rings. The summed E-state index contributed by atoms with van der Waals surface area (Å²) in [5.74, 6) is 2.45. The number of aromatic nitrogens is 2. The number of alkyl halides is 3. The molecule has 2 heterocycles. The van der Waals surface area contributed by atoms with Crippen LogP contribution in [0.15, 0.2) is 59.3 Å². The van der Waals surface area contributed by atoms with E-state index in [0.717, 1.165) is 79.8 Å². The predicted octanol–water partition coefficient (Wildman–Crippen LogP) is 8.48. The fourth-order valence-electron chi connectivity index (χ4n) is 6.77. The Bertz CT molecular complexity index is 1590. The number of benzene rings is 2. The highest BCUT2D eigenvalue weighted by molar-refractivity contribution is 5.86. The first-order valence-corrected chi connectivity index (χ1v) is 14.6. The summed E-state index contributed by atoms with van der Waals surface area (Å²) in [7, 11) is 1.65. The lowest BCUT2D eigenvalue weighted by Crippen LogP contribution is -2.49. The van der Waals surface area contributed by atoms with E-state index in [9.17, 15) is 13.2 Å². The van der Waals surface area contributed by atoms with Crippen molar-refractivity contribution in [3.63, 3.8) is 0 Å². The Labute approximate surface area is 242 Å². The molecule has 0 N–H and O–H groups in total. The number of rotatable bonds is 9. The Balaban J connectivity index is 1.04. The smallest absolute Gasteiger partial charge is 0.417 e. The molecular weight excluding hydrogens is 545 g/mol. The van der Waals surface area contributed by atoms with E-state index >= 15 is 0 Å². The van der Waals surface area contributed by atoms with Crippen molar-refractivity contribution < 1.29 is 31.9 Å². The number of halogens is 3. The first kappa shape index (κ1) is 27.3. The first-order valence-electron chi connectivity index (χ1n) is 14.6. The minimum absolute atomic E-state index is 0.0438. The topological polar surface area (TPSA) is 66.6 Å². The molecule has 8 rings (SSSR count). The molecule has 4 fully saturated rings. The van der Waals surface area contributed by atoms with Gasteiger partial charge in [0, 0.05) is 34.0 Å². The van der Waals surface area contributed by atoms with Crippen molar-refractivity contribution in [2.75, 3.05) is 13.7 Å². The number of fused-ring (bicyclic) bond motifs is 4. The van der Waals surface area contributed by atoms with E-state index in [0.29, 0.717) is 17.9 Å². The SMILES string of the molecule is COc1ccnc2ccc(OCC34CCC(OCc5c(-c6ccccc6C(F)(F)F)noc5C5CC5)(CC3)CC4)cc12. The van der Waals surface area contributed by atoms with Crippen LogP contribution in [0.4, 0.5) is 13.2 Å². The van der Waals surface area contributed by atoms with Gasteiger partial charge in [-0.3, -0.25) is 4.98 Å². The van der Waals surface area contributed by atoms with Gasteiger partial charge in [-0.1, -0.05) is 23.4 Å². The third-order valence-corrected chi connectivity index (χ3v) is 9.55. The normalized spacial score (nSPS) is 23.8. The van der Waals surface area contributed by atoms with Gasteiger partial charge >= 0.3 is 6.18 Å². The lowest BCUT2D eigenvalue weighted by molar-refractivity contribution is -0.150. The van der Waals surface area contributed by atoms with Crippen LogP contribution in [-0.2, 0) is 17.5 Å². The standard InChI is InChI=1S/C33H33F3N2O4/c1-39-28-10-17-37-27-9-8-22(18-24(27)28)40-20-31-11-14-32(15-12-31,16-13-31)41-19-25-29(38-42-30(25)21-6-7-21)23-4-2-3-5-26(23)33(34,35)36/h2-5,8-10,17-18,21H,6-7,11-16,19-20H2,1H3.